The van der Waals surface area contributed by atoms with Gasteiger partial charge in [-0.05, 0) is 38.5 Å². The topological polar surface area (TPSA) is 32.3 Å². The second-order valence-electron chi connectivity index (χ2n) is 5.41. The maximum Gasteiger partial charge on any atom is 0.228 e. The molecule has 3 rings (SSSR count). The van der Waals surface area contributed by atoms with Crippen molar-refractivity contribution >= 4 is 18.3 Å². The molecule has 0 aromatic rings. The van der Waals surface area contributed by atoms with Crippen LogP contribution in [0.15, 0.2) is 0 Å². The minimum Gasteiger partial charge on any atom is -0.336 e. The van der Waals surface area contributed by atoms with E-state index in [4.69, 9.17) is 0 Å². The largest absolute Gasteiger partial charge is 0.336 e. The predicted molar refractivity (Wildman–Crippen MR) is 65.7 cm³/mol. The van der Waals surface area contributed by atoms with Crippen molar-refractivity contribution in [1.82, 2.24) is 10.2 Å². The maximum absolute atomic E-state index is 12.3. The Bertz CT molecular complexity index is 272. The fourth-order valence-corrected chi connectivity index (χ4v) is 2.55. The van der Waals surface area contributed by atoms with Gasteiger partial charge in [0.2, 0.25) is 5.91 Å². The third kappa shape index (κ3) is 2.21. The third-order valence-corrected chi connectivity index (χ3v) is 4.07. The first kappa shape index (κ1) is 12.2. The Morgan fingerprint density at radius 2 is 1.88 bits per heavy atom. The highest BCUT2D eigenvalue weighted by Gasteiger charge is 2.44. The van der Waals surface area contributed by atoms with Crippen molar-refractivity contribution in [2.45, 2.75) is 44.7 Å². The number of nitrogens with one attached hydrogen (secondary N) is 1. The zero-order valence-corrected chi connectivity index (χ0v) is 10.6. The molecule has 0 spiro atoms. The van der Waals surface area contributed by atoms with Crippen LogP contribution < -0.4 is 5.32 Å². The summed E-state index contributed by atoms with van der Waals surface area (Å²) in [5.74, 6) is 1.52. The molecular weight excluding hydrogens is 224 g/mol. The fourth-order valence-electron chi connectivity index (χ4n) is 2.55. The van der Waals surface area contributed by atoms with Crippen LogP contribution in [0.25, 0.3) is 0 Å². The van der Waals surface area contributed by atoms with E-state index >= 15 is 0 Å². The van der Waals surface area contributed by atoms with E-state index in [0.29, 0.717) is 18.0 Å². The highest BCUT2D eigenvalue weighted by atomic mass is 35.5. The van der Waals surface area contributed by atoms with E-state index in [2.05, 4.69) is 17.1 Å². The molecule has 2 aliphatic carbocycles. The van der Waals surface area contributed by atoms with Crippen molar-refractivity contribution in [1.29, 1.82) is 0 Å². The van der Waals surface area contributed by atoms with Gasteiger partial charge in [-0.15, -0.1) is 12.4 Å². The summed E-state index contributed by atoms with van der Waals surface area (Å²) in [6.45, 7) is 4.05. The zero-order chi connectivity index (χ0) is 10.4. The molecule has 3 nitrogen and oxygen atoms in total. The molecule has 16 heavy (non-hydrogen) atoms. The van der Waals surface area contributed by atoms with Crippen molar-refractivity contribution in [2.24, 2.45) is 11.8 Å². The van der Waals surface area contributed by atoms with Crippen LogP contribution in [-0.4, -0.2) is 36.0 Å². The number of halogens is 1. The summed E-state index contributed by atoms with van der Waals surface area (Å²) in [5.41, 5.74) is 0. The van der Waals surface area contributed by atoms with Crippen LogP contribution in [0.1, 0.15) is 32.6 Å². The van der Waals surface area contributed by atoms with Gasteiger partial charge in [-0.3, -0.25) is 4.79 Å². The lowest BCUT2D eigenvalue weighted by Gasteiger charge is -2.36. The van der Waals surface area contributed by atoms with Crippen LogP contribution in [0.3, 0.4) is 0 Å². The first-order chi connectivity index (χ1) is 7.27. The Kier molecular flexibility index (Phi) is 3.45. The number of carbonyl (C=O) groups is 1. The quantitative estimate of drug-likeness (QED) is 0.811. The summed E-state index contributed by atoms with van der Waals surface area (Å²) in [4.78, 5) is 14.5. The summed E-state index contributed by atoms with van der Waals surface area (Å²) in [5, 5.41) is 3.19. The first-order valence-corrected chi connectivity index (χ1v) is 6.30. The maximum atomic E-state index is 12.3. The average Bonchev–Trinajstić information content (AvgIpc) is 2.97. The van der Waals surface area contributed by atoms with Gasteiger partial charge < -0.3 is 10.2 Å². The summed E-state index contributed by atoms with van der Waals surface area (Å²) in [7, 11) is 0. The molecule has 92 valence electrons. The summed E-state index contributed by atoms with van der Waals surface area (Å²) in [6.07, 6.45) is 5.15. The van der Waals surface area contributed by atoms with Crippen molar-refractivity contribution in [3.63, 3.8) is 0 Å². The number of carbonyl (C=O) groups excluding carboxylic acids is 1. The SMILES string of the molecule is CC(C1CC1)N(C(=O)C1CNC1)C1CC1.Cl. The predicted octanol–water partition coefficient (Wildman–Crippen LogP) is 1.42. The number of hydrogen-bond acceptors (Lipinski definition) is 2. The van der Waals surface area contributed by atoms with Gasteiger partial charge in [0.25, 0.3) is 0 Å². The highest BCUT2D eigenvalue weighted by molar-refractivity contribution is 5.85. The van der Waals surface area contributed by atoms with Crippen LogP contribution in [0.2, 0.25) is 0 Å². The van der Waals surface area contributed by atoms with Crippen LogP contribution in [0, 0.1) is 11.8 Å². The minimum absolute atomic E-state index is 0. The van der Waals surface area contributed by atoms with Crippen molar-refractivity contribution in [2.75, 3.05) is 13.1 Å². The Hall–Kier alpha value is -0.280. The molecule has 1 amide bonds. The zero-order valence-electron chi connectivity index (χ0n) is 9.82. The lowest BCUT2D eigenvalue weighted by atomic mass is 10.00. The molecule has 1 heterocycles. The molecule has 0 aromatic carbocycles. The molecular formula is C12H21ClN2O. The van der Waals surface area contributed by atoms with Crippen LogP contribution in [0.5, 0.6) is 0 Å². The lowest BCUT2D eigenvalue weighted by Crippen LogP contribution is -2.55. The molecule has 3 fully saturated rings. The minimum atomic E-state index is 0. The molecule has 0 bridgehead atoms. The molecule has 4 heteroatoms. The van der Waals surface area contributed by atoms with E-state index in [9.17, 15) is 4.79 Å². The van der Waals surface area contributed by atoms with Gasteiger partial charge in [0, 0.05) is 25.2 Å². The van der Waals surface area contributed by atoms with E-state index in [-0.39, 0.29) is 18.3 Å². The Balaban J connectivity index is 0.000000963. The molecule has 1 unspecified atom stereocenters. The van der Waals surface area contributed by atoms with E-state index in [1.165, 1.54) is 25.7 Å². The number of rotatable bonds is 4. The lowest BCUT2D eigenvalue weighted by molar-refractivity contribution is -0.140. The monoisotopic (exact) mass is 244 g/mol. The van der Waals surface area contributed by atoms with Gasteiger partial charge in [-0.2, -0.15) is 0 Å². The van der Waals surface area contributed by atoms with Crippen molar-refractivity contribution in [3.8, 4) is 0 Å². The molecule has 0 aromatic heterocycles. The molecule has 1 aliphatic heterocycles. The number of amides is 1. The molecule has 1 atom stereocenters. The highest BCUT2D eigenvalue weighted by Crippen LogP contribution is 2.40. The third-order valence-electron chi connectivity index (χ3n) is 4.07. The normalized spacial score (nSPS) is 26.6. The summed E-state index contributed by atoms with van der Waals surface area (Å²) in [6, 6.07) is 1.10. The van der Waals surface area contributed by atoms with Gasteiger partial charge in [0.1, 0.15) is 0 Å². The standard InChI is InChI=1S/C12H20N2O.ClH/c1-8(9-2-3-9)14(11-4-5-11)12(15)10-6-13-7-10;/h8-11,13H,2-7H2,1H3;1H. The van der Waals surface area contributed by atoms with Crippen LogP contribution >= 0.6 is 12.4 Å². The molecule has 2 saturated carbocycles. The smallest absolute Gasteiger partial charge is 0.228 e. The van der Waals surface area contributed by atoms with E-state index in [1.807, 2.05) is 0 Å². The van der Waals surface area contributed by atoms with Gasteiger partial charge in [-0.1, -0.05) is 0 Å². The summed E-state index contributed by atoms with van der Waals surface area (Å²) >= 11 is 0. The summed E-state index contributed by atoms with van der Waals surface area (Å²) < 4.78 is 0. The van der Waals surface area contributed by atoms with E-state index in [0.717, 1.165) is 19.0 Å². The van der Waals surface area contributed by atoms with Crippen molar-refractivity contribution < 1.29 is 4.79 Å². The van der Waals surface area contributed by atoms with E-state index < -0.39 is 0 Å². The average molecular weight is 245 g/mol. The van der Waals surface area contributed by atoms with E-state index in [1.54, 1.807) is 0 Å². The van der Waals surface area contributed by atoms with Crippen LogP contribution in [0.4, 0.5) is 0 Å². The Labute approximate surface area is 103 Å². The first-order valence-electron chi connectivity index (χ1n) is 6.30. The fraction of sp³-hybridized carbons (Fsp3) is 0.917. The molecule has 3 aliphatic rings. The second-order valence-corrected chi connectivity index (χ2v) is 5.41. The van der Waals surface area contributed by atoms with Gasteiger partial charge >= 0.3 is 0 Å². The Morgan fingerprint density at radius 3 is 2.25 bits per heavy atom. The molecule has 0 radical (unpaired) electrons. The Morgan fingerprint density at radius 1 is 1.25 bits per heavy atom. The van der Waals surface area contributed by atoms with Gasteiger partial charge in [0.05, 0.1) is 5.92 Å². The number of hydrogen-bond donors (Lipinski definition) is 1. The van der Waals surface area contributed by atoms with Gasteiger partial charge in [0.15, 0.2) is 0 Å². The van der Waals surface area contributed by atoms with Crippen LogP contribution in [-0.2, 0) is 4.79 Å². The number of nitrogens with zero attached hydrogens (tertiary/aromatic N) is 1. The van der Waals surface area contributed by atoms with Gasteiger partial charge in [-0.25, -0.2) is 0 Å². The molecule has 1 N–H and O–H groups in total. The van der Waals surface area contributed by atoms with Crippen molar-refractivity contribution in [3.05, 3.63) is 0 Å². The molecule has 1 saturated heterocycles. The second kappa shape index (κ2) is 4.53.